The van der Waals surface area contributed by atoms with E-state index in [4.69, 9.17) is 0 Å². The molecule has 1 amide bonds. The molecule has 0 saturated heterocycles. The molecule has 4 heteroatoms. The minimum absolute atomic E-state index is 0.0864. The molecular weight excluding hydrogens is 238 g/mol. The van der Waals surface area contributed by atoms with E-state index in [-0.39, 0.29) is 5.91 Å². The zero-order valence-electron chi connectivity index (χ0n) is 12.1. The normalized spacial score (nSPS) is 16.6. The Morgan fingerprint density at radius 3 is 2.79 bits per heavy atom. The Kier molecular flexibility index (Phi) is 4.64. The van der Waals surface area contributed by atoms with Crippen LogP contribution in [0, 0.1) is 11.8 Å². The highest BCUT2D eigenvalue weighted by atomic mass is 16.1. The molecule has 1 fully saturated rings. The van der Waals surface area contributed by atoms with E-state index in [2.05, 4.69) is 36.7 Å². The van der Waals surface area contributed by atoms with Crippen LogP contribution in [0.1, 0.15) is 38.3 Å². The maximum Gasteiger partial charge on any atom is 0.239 e. The number of hydrogen-bond acceptors (Lipinski definition) is 2. The van der Waals surface area contributed by atoms with Gasteiger partial charge in [0.25, 0.3) is 0 Å². The summed E-state index contributed by atoms with van der Waals surface area (Å²) in [5, 5.41) is 6.32. The zero-order valence-corrected chi connectivity index (χ0v) is 12.1. The summed E-state index contributed by atoms with van der Waals surface area (Å²) in [6.45, 7) is 5.35. The van der Waals surface area contributed by atoms with Crippen LogP contribution in [-0.2, 0) is 11.3 Å². The quantitative estimate of drug-likeness (QED) is 0.789. The molecule has 1 heterocycles. The molecule has 0 aliphatic heterocycles. The lowest BCUT2D eigenvalue weighted by Crippen LogP contribution is -2.30. The number of amides is 1. The van der Waals surface area contributed by atoms with E-state index >= 15 is 0 Å². The van der Waals surface area contributed by atoms with Crippen LogP contribution in [0.2, 0.25) is 0 Å². The van der Waals surface area contributed by atoms with Gasteiger partial charge >= 0.3 is 0 Å². The largest absolute Gasteiger partial charge is 0.354 e. The molecule has 1 aromatic rings. The summed E-state index contributed by atoms with van der Waals surface area (Å²) in [5.74, 6) is 1.35. The highest BCUT2D eigenvalue weighted by Gasteiger charge is 2.31. The molecule has 1 saturated carbocycles. The topological polar surface area (TPSA) is 46.1 Å². The first kappa shape index (κ1) is 14.1. The molecule has 1 aromatic heterocycles. The molecule has 1 unspecified atom stereocenters. The van der Waals surface area contributed by atoms with Gasteiger partial charge in [-0.1, -0.05) is 13.8 Å². The van der Waals surface area contributed by atoms with Gasteiger partial charge in [-0.15, -0.1) is 0 Å². The molecule has 0 bridgehead atoms. The third kappa shape index (κ3) is 4.10. The number of rotatable bonds is 7. The first-order valence-corrected chi connectivity index (χ1v) is 7.19. The van der Waals surface area contributed by atoms with Gasteiger partial charge in [0.1, 0.15) is 6.54 Å². The summed E-state index contributed by atoms with van der Waals surface area (Å²) >= 11 is 0. The summed E-state index contributed by atoms with van der Waals surface area (Å²) in [5.41, 5.74) is 1.29. The molecule has 0 spiro atoms. The summed E-state index contributed by atoms with van der Waals surface area (Å²) in [6.07, 6.45) is 6.71. The maximum absolute atomic E-state index is 11.8. The van der Waals surface area contributed by atoms with Crippen LogP contribution >= 0.6 is 0 Å². The number of nitrogens with one attached hydrogen (secondary N) is 2. The van der Waals surface area contributed by atoms with Crippen molar-refractivity contribution in [1.82, 2.24) is 15.2 Å². The first-order valence-electron chi connectivity index (χ1n) is 7.19. The molecule has 0 aromatic carbocycles. The second-order valence-corrected chi connectivity index (χ2v) is 5.92. The molecule has 2 rings (SSSR count). The van der Waals surface area contributed by atoms with E-state index in [9.17, 15) is 4.79 Å². The number of carbonyl (C=O) groups excluding carboxylic acids is 1. The highest BCUT2D eigenvalue weighted by Crippen LogP contribution is 2.40. The lowest BCUT2D eigenvalue weighted by molar-refractivity contribution is -0.121. The fourth-order valence-corrected chi connectivity index (χ4v) is 2.39. The molecule has 106 valence electrons. The van der Waals surface area contributed by atoms with Crippen molar-refractivity contribution in [3.63, 3.8) is 0 Å². The summed E-state index contributed by atoms with van der Waals surface area (Å²) in [7, 11) is 2.01. The van der Waals surface area contributed by atoms with Crippen LogP contribution in [0.3, 0.4) is 0 Å². The minimum Gasteiger partial charge on any atom is -0.354 e. The summed E-state index contributed by atoms with van der Waals surface area (Å²) in [6, 6.07) is 2.56. The van der Waals surface area contributed by atoms with E-state index in [1.807, 2.05) is 17.8 Å². The Morgan fingerprint density at radius 1 is 1.47 bits per heavy atom. The Bertz CT molecular complexity index is 421. The first-order chi connectivity index (χ1) is 9.10. The van der Waals surface area contributed by atoms with E-state index in [1.165, 1.54) is 18.4 Å². The average Bonchev–Trinajstić information content (AvgIpc) is 3.09. The second kappa shape index (κ2) is 6.24. The van der Waals surface area contributed by atoms with Crippen molar-refractivity contribution in [1.29, 1.82) is 0 Å². The Labute approximate surface area is 115 Å². The average molecular weight is 263 g/mol. The van der Waals surface area contributed by atoms with Crippen LogP contribution < -0.4 is 10.6 Å². The highest BCUT2D eigenvalue weighted by molar-refractivity contribution is 5.75. The predicted molar refractivity (Wildman–Crippen MR) is 76.8 cm³/mol. The number of carbonyl (C=O) groups is 1. The van der Waals surface area contributed by atoms with Gasteiger partial charge in [-0.25, -0.2) is 0 Å². The van der Waals surface area contributed by atoms with E-state index < -0.39 is 0 Å². The molecule has 0 radical (unpaired) electrons. The van der Waals surface area contributed by atoms with E-state index in [1.54, 1.807) is 0 Å². The van der Waals surface area contributed by atoms with Crippen molar-refractivity contribution in [2.24, 2.45) is 11.8 Å². The monoisotopic (exact) mass is 263 g/mol. The third-order valence-corrected chi connectivity index (χ3v) is 3.57. The van der Waals surface area contributed by atoms with Crippen molar-refractivity contribution in [2.45, 2.75) is 39.3 Å². The minimum atomic E-state index is 0.0864. The van der Waals surface area contributed by atoms with Crippen molar-refractivity contribution < 1.29 is 4.79 Å². The van der Waals surface area contributed by atoms with E-state index in [0.29, 0.717) is 18.5 Å². The number of nitrogens with zero attached hydrogens (tertiary/aromatic N) is 1. The van der Waals surface area contributed by atoms with Gasteiger partial charge in [-0.05, 0) is 43.4 Å². The lowest BCUT2D eigenvalue weighted by Gasteiger charge is -2.13. The molecule has 1 aliphatic carbocycles. The van der Waals surface area contributed by atoms with Crippen molar-refractivity contribution in [3.8, 4) is 0 Å². The Morgan fingerprint density at radius 2 is 2.21 bits per heavy atom. The van der Waals surface area contributed by atoms with Crippen LogP contribution in [0.25, 0.3) is 0 Å². The maximum atomic E-state index is 11.8. The molecule has 2 N–H and O–H groups in total. The van der Waals surface area contributed by atoms with Gasteiger partial charge in [0, 0.05) is 25.0 Å². The van der Waals surface area contributed by atoms with Gasteiger partial charge in [0.15, 0.2) is 0 Å². The molecular formula is C15H25N3O. The zero-order chi connectivity index (χ0) is 13.8. The predicted octanol–water partition coefficient (Wildman–Crippen LogP) is 1.93. The standard InChI is InChI=1S/C15H25N3O/c1-11(2)8-17-14(19)10-18-7-6-13(9-18)15(16-3)12-4-5-12/h6-7,9,11-12,15-16H,4-5,8,10H2,1-3H3,(H,17,19). The van der Waals surface area contributed by atoms with Gasteiger partial charge in [0.05, 0.1) is 0 Å². The lowest BCUT2D eigenvalue weighted by atomic mass is 10.1. The fraction of sp³-hybridized carbons (Fsp3) is 0.667. The summed E-state index contributed by atoms with van der Waals surface area (Å²) in [4.78, 5) is 11.8. The van der Waals surface area contributed by atoms with Crippen LogP contribution in [0.4, 0.5) is 0 Å². The molecule has 4 nitrogen and oxygen atoms in total. The molecule has 1 atom stereocenters. The van der Waals surface area contributed by atoms with Crippen LogP contribution in [0.15, 0.2) is 18.5 Å². The third-order valence-electron chi connectivity index (χ3n) is 3.57. The van der Waals surface area contributed by atoms with Crippen molar-refractivity contribution >= 4 is 5.91 Å². The number of hydrogen-bond donors (Lipinski definition) is 2. The summed E-state index contributed by atoms with van der Waals surface area (Å²) < 4.78 is 1.97. The number of aromatic nitrogens is 1. The van der Waals surface area contributed by atoms with Gasteiger partial charge in [0.2, 0.25) is 5.91 Å². The fourth-order valence-electron chi connectivity index (χ4n) is 2.39. The molecule has 19 heavy (non-hydrogen) atoms. The van der Waals surface area contributed by atoms with Crippen molar-refractivity contribution in [2.75, 3.05) is 13.6 Å². The van der Waals surface area contributed by atoms with E-state index in [0.717, 1.165) is 12.5 Å². The Hall–Kier alpha value is -1.29. The van der Waals surface area contributed by atoms with Gasteiger partial charge < -0.3 is 15.2 Å². The molecule has 1 aliphatic rings. The van der Waals surface area contributed by atoms with Gasteiger partial charge in [-0.2, -0.15) is 0 Å². The SMILES string of the molecule is CNC(c1ccn(CC(=O)NCC(C)C)c1)C1CC1. The van der Waals surface area contributed by atoms with Crippen LogP contribution in [0.5, 0.6) is 0 Å². The second-order valence-electron chi connectivity index (χ2n) is 5.92. The van der Waals surface area contributed by atoms with Crippen molar-refractivity contribution in [3.05, 3.63) is 24.0 Å². The Balaban J connectivity index is 1.87. The van der Waals surface area contributed by atoms with Gasteiger partial charge in [-0.3, -0.25) is 4.79 Å². The van der Waals surface area contributed by atoms with Crippen LogP contribution in [-0.4, -0.2) is 24.1 Å². The smallest absolute Gasteiger partial charge is 0.239 e.